The number of carbonyl (C=O) groups excluding carboxylic acids is 3. The Bertz CT molecular complexity index is 969. The SMILES string of the molecule is CCCC/C=C\C=C/CCCCCC(=O)OC(COC(=O)CCC/C=C\CCCCCC)COC(=O)CCCCCCCCCCCCCCCCCCCCC. The summed E-state index contributed by atoms with van der Waals surface area (Å²) in [6.07, 6.45) is 52.9. The zero-order chi connectivity index (χ0) is 41.5. The number of hydrogen-bond acceptors (Lipinski definition) is 6. The highest BCUT2D eigenvalue weighted by molar-refractivity contribution is 5.71. The summed E-state index contributed by atoms with van der Waals surface area (Å²) in [5, 5.41) is 0. The molecule has 0 aliphatic rings. The number of allylic oxidation sites excluding steroid dienone is 6. The molecule has 1 atom stereocenters. The molecule has 0 aromatic heterocycles. The van der Waals surface area contributed by atoms with Crippen molar-refractivity contribution in [2.45, 2.75) is 258 Å². The molecule has 0 saturated heterocycles. The van der Waals surface area contributed by atoms with Crippen molar-refractivity contribution in [3.05, 3.63) is 36.5 Å². The van der Waals surface area contributed by atoms with Crippen LogP contribution in [-0.4, -0.2) is 37.2 Å². The van der Waals surface area contributed by atoms with E-state index in [1.165, 1.54) is 141 Å². The molecule has 0 bridgehead atoms. The lowest BCUT2D eigenvalue weighted by Gasteiger charge is -2.18. The lowest BCUT2D eigenvalue weighted by Crippen LogP contribution is -2.30. The Labute approximate surface area is 353 Å². The van der Waals surface area contributed by atoms with Crippen LogP contribution in [0.4, 0.5) is 0 Å². The minimum atomic E-state index is -0.791. The van der Waals surface area contributed by atoms with Gasteiger partial charge in [0.15, 0.2) is 6.10 Å². The van der Waals surface area contributed by atoms with Gasteiger partial charge in [0.1, 0.15) is 13.2 Å². The first kappa shape index (κ1) is 54.6. The normalized spacial score (nSPS) is 12.3. The minimum Gasteiger partial charge on any atom is -0.462 e. The van der Waals surface area contributed by atoms with Gasteiger partial charge >= 0.3 is 17.9 Å². The fourth-order valence-electron chi connectivity index (χ4n) is 6.89. The van der Waals surface area contributed by atoms with E-state index in [0.717, 1.165) is 64.2 Å². The van der Waals surface area contributed by atoms with E-state index in [9.17, 15) is 14.4 Å². The van der Waals surface area contributed by atoms with Gasteiger partial charge in [0.25, 0.3) is 0 Å². The molecule has 0 aliphatic carbocycles. The van der Waals surface area contributed by atoms with Crippen LogP contribution in [0.3, 0.4) is 0 Å². The molecule has 0 saturated carbocycles. The van der Waals surface area contributed by atoms with Crippen molar-refractivity contribution in [1.82, 2.24) is 0 Å². The van der Waals surface area contributed by atoms with Crippen LogP contribution in [-0.2, 0) is 28.6 Å². The Kier molecular flexibility index (Phi) is 44.4. The van der Waals surface area contributed by atoms with Gasteiger partial charge in [-0.1, -0.05) is 211 Å². The molecule has 1 unspecified atom stereocenters. The molecule has 332 valence electrons. The predicted octanol–water partition coefficient (Wildman–Crippen LogP) is 15.8. The van der Waals surface area contributed by atoms with Crippen molar-refractivity contribution in [3.63, 3.8) is 0 Å². The van der Waals surface area contributed by atoms with Crippen LogP contribution in [0.15, 0.2) is 36.5 Å². The molecule has 0 N–H and O–H groups in total. The third kappa shape index (κ3) is 44.6. The summed E-state index contributed by atoms with van der Waals surface area (Å²) in [6.45, 7) is 6.51. The maximum Gasteiger partial charge on any atom is 0.306 e. The molecule has 0 fully saturated rings. The molecule has 6 heteroatoms. The Hall–Kier alpha value is -2.37. The monoisotopic (exact) mass is 801 g/mol. The molecule has 0 aromatic rings. The van der Waals surface area contributed by atoms with E-state index in [-0.39, 0.29) is 31.1 Å². The Morgan fingerprint density at radius 3 is 1.12 bits per heavy atom. The highest BCUT2D eigenvalue weighted by atomic mass is 16.6. The number of carbonyl (C=O) groups is 3. The van der Waals surface area contributed by atoms with Gasteiger partial charge < -0.3 is 14.2 Å². The maximum atomic E-state index is 12.7. The largest absolute Gasteiger partial charge is 0.462 e. The summed E-state index contributed by atoms with van der Waals surface area (Å²) < 4.78 is 16.7. The van der Waals surface area contributed by atoms with E-state index in [4.69, 9.17) is 14.2 Å². The molecule has 0 aliphatic heterocycles. The lowest BCUT2D eigenvalue weighted by atomic mass is 10.0. The molecule has 0 rings (SSSR count). The van der Waals surface area contributed by atoms with E-state index in [1.807, 2.05) is 0 Å². The lowest BCUT2D eigenvalue weighted by molar-refractivity contribution is -0.167. The molecule has 0 aromatic carbocycles. The van der Waals surface area contributed by atoms with Crippen LogP contribution >= 0.6 is 0 Å². The van der Waals surface area contributed by atoms with Crippen LogP contribution in [0, 0.1) is 0 Å². The first-order valence-corrected chi connectivity index (χ1v) is 24.5. The van der Waals surface area contributed by atoms with Crippen LogP contribution in [0.1, 0.15) is 252 Å². The molecule has 0 heterocycles. The first-order valence-electron chi connectivity index (χ1n) is 24.5. The second kappa shape index (κ2) is 46.3. The second-order valence-electron chi connectivity index (χ2n) is 16.4. The number of rotatable bonds is 44. The quantitative estimate of drug-likeness (QED) is 0.0201. The number of esters is 3. The number of unbranched alkanes of at least 4 members (excludes halogenated alkanes) is 28. The molecule has 0 radical (unpaired) electrons. The smallest absolute Gasteiger partial charge is 0.306 e. The summed E-state index contributed by atoms with van der Waals surface area (Å²) in [6, 6.07) is 0. The molecule has 0 amide bonds. The van der Waals surface area contributed by atoms with E-state index in [2.05, 4.69) is 57.2 Å². The zero-order valence-corrected chi connectivity index (χ0v) is 37.9. The van der Waals surface area contributed by atoms with Crippen molar-refractivity contribution >= 4 is 17.9 Å². The van der Waals surface area contributed by atoms with Crippen molar-refractivity contribution < 1.29 is 28.6 Å². The minimum absolute atomic E-state index is 0.0890. The summed E-state index contributed by atoms with van der Waals surface area (Å²) in [5.41, 5.74) is 0. The summed E-state index contributed by atoms with van der Waals surface area (Å²) in [4.78, 5) is 37.7. The molecule has 57 heavy (non-hydrogen) atoms. The van der Waals surface area contributed by atoms with Gasteiger partial charge in [-0.15, -0.1) is 0 Å². The van der Waals surface area contributed by atoms with Gasteiger partial charge in [-0.3, -0.25) is 14.4 Å². The molecule has 6 nitrogen and oxygen atoms in total. The fraction of sp³-hybridized carbons (Fsp3) is 0.824. The maximum absolute atomic E-state index is 12.7. The number of hydrogen-bond donors (Lipinski definition) is 0. The average Bonchev–Trinajstić information content (AvgIpc) is 3.21. The van der Waals surface area contributed by atoms with E-state index < -0.39 is 6.10 Å². The van der Waals surface area contributed by atoms with Gasteiger partial charge in [-0.25, -0.2) is 0 Å². The van der Waals surface area contributed by atoms with Crippen molar-refractivity contribution in [2.75, 3.05) is 13.2 Å². The highest BCUT2D eigenvalue weighted by Crippen LogP contribution is 2.16. The molecular formula is C51H92O6. The first-order chi connectivity index (χ1) is 28.0. The van der Waals surface area contributed by atoms with Gasteiger partial charge in [-0.2, -0.15) is 0 Å². The third-order valence-electron chi connectivity index (χ3n) is 10.6. The van der Waals surface area contributed by atoms with Crippen LogP contribution in [0.2, 0.25) is 0 Å². The van der Waals surface area contributed by atoms with Crippen molar-refractivity contribution in [2.24, 2.45) is 0 Å². The van der Waals surface area contributed by atoms with Crippen LogP contribution in [0.25, 0.3) is 0 Å². The van der Waals surface area contributed by atoms with Gasteiger partial charge in [-0.05, 0) is 57.8 Å². The Morgan fingerprint density at radius 1 is 0.351 bits per heavy atom. The van der Waals surface area contributed by atoms with E-state index in [0.29, 0.717) is 25.7 Å². The fourth-order valence-corrected chi connectivity index (χ4v) is 6.89. The predicted molar refractivity (Wildman–Crippen MR) is 242 cm³/mol. The standard InChI is InChI=1S/C51H92O6/c1-4-7-10-13-16-19-21-22-23-24-25-26-27-28-30-32-35-38-41-44-50(53)56-47-48(46-55-49(52)43-40-37-34-31-18-15-12-9-6-3)57-51(54)45-42-39-36-33-29-20-17-14-11-8-5-2/h14,17,20,29,31,34,48H,4-13,15-16,18-19,21-28,30,32-33,35-47H2,1-3H3/b17-14-,29-20-,34-31-. The topological polar surface area (TPSA) is 78.9 Å². The van der Waals surface area contributed by atoms with E-state index in [1.54, 1.807) is 0 Å². The van der Waals surface area contributed by atoms with Gasteiger partial charge in [0, 0.05) is 19.3 Å². The Balaban J connectivity index is 4.27. The molecule has 0 spiro atoms. The van der Waals surface area contributed by atoms with Gasteiger partial charge in [0.05, 0.1) is 0 Å². The van der Waals surface area contributed by atoms with Gasteiger partial charge in [0.2, 0.25) is 0 Å². The second-order valence-corrected chi connectivity index (χ2v) is 16.4. The summed E-state index contributed by atoms with van der Waals surface area (Å²) in [5.74, 6) is -0.950. The average molecular weight is 801 g/mol. The Morgan fingerprint density at radius 2 is 0.667 bits per heavy atom. The molecular weight excluding hydrogens is 709 g/mol. The van der Waals surface area contributed by atoms with Crippen molar-refractivity contribution in [3.8, 4) is 0 Å². The van der Waals surface area contributed by atoms with Crippen LogP contribution < -0.4 is 0 Å². The highest BCUT2D eigenvalue weighted by Gasteiger charge is 2.19. The zero-order valence-electron chi connectivity index (χ0n) is 37.9. The summed E-state index contributed by atoms with van der Waals surface area (Å²) >= 11 is 0. The van der Waals surface area contributed by atoms with E-state index >= 15 is 0 Å². The summed E-state index contributed by atoms with van der Waals surface area (Å²) in [7, 11) is 0. The third-order valence-corrected chi connectivity index (χ3v) is 10.6. The van der Waals surface area contributed by atoms with Crippen LogP contribution in [0.5, 0.6) is 0 Å². The number of ether oxygens (including phenoxy) is 3. The van der Waals surface area contributed by atoms with Crippen molar-refractivity contribution in [1.29, 1.82) is 0 Å².